The van der Waals surface area contributed by atoms with Crippen LogP contribution in [-0.2, 0) is 4.74 Å². The van der Waals surface area contributed by atoms with Crippen LogP contribution in [0.1, 0.15) is 12.0 Å². The van der Waals surface area contributed by atoms with Gasteiger partial charge in [-0.2, -0.15) is 0 Å². The molecule has 0 spiro atoms. The Labute approximate surface area is 93.4 Å². The van der Waals surface area contributed by atoms with Crippen molar-refractivity contribution in [3.63, 3.8) is 0 Å². The number of hydrogen-bond donors (Lipinski definition) is 0. The van der Waals surface area contributed by atoms with Crippen molar-refractivity contribution >= 4 is 15.9 Å². The number of aryl methyl sites for hydroxylation is 1. The Kier molecular flexibility index (Phi) is 4.98. The first-order chi connectivity index (χ1) is 6.74. The minimum absolute atomic E-state index is 0.690. The molecule has 3 heteroatoms. The van der Waals surface area contributed by atoms with Crippen LogP contribution in [0.15, 0.2) is 22.7 Å². The average Bonchev–Trinajstić information content (AvgIpc) is 2.18. The maximum Gasteiger partial charge on any atom is 0.133 e. The third kappa shape index (κ3) is 3.68. The Balaban J connectivity index is 2.45. The molecule has 0 bridgehead atoms. The van der Waals surface area contributed by atoms with Crippen LogP contribution >= 0.6 is 15.9 Å². The molecule has 78 valence electrons. The number of hydrogen-bond acceptors (Lipinski definition) is 2. The molecule has 0 aliphatic rings. The van der Waals surface area contributed by atoms with Gasteiger partial charge in [0, 0.05) is 20.1 Å². The first-order valence-corrected chi connectivity index (χ1v) is 5.41. The lowest BCUT2D eigenvalue weighted by Crippen LogP contribution is -2.01. The smallest absolute Gasteiger partial charge is 0.133 e. The maximum absolute atomic E-state index is 5.59. The van der Waals surface area contributed by atoms with Gasteiger partial charge in [-0.15, -0.1) is 0 Å². The van der Waals surface area contributed by atoms with Crippen molar-refractivity contribution in [3.05, 3.63) is 28.2 Å². The minimum atomic E-state index is 0.690. The highest BCUT2D eigenvalue weighted by Crippen LogP contribution is 2.25. The topological polar surface area (TPSA) is 18.5 Å². The quantitative estimate of drug-likeness (QED) is 0.756. The highest BCUT2D eigenvalue weighted by atomic mass is 79.9. The molecule has 1 aromatic rings. The second kappa shape index (κ2) is 6.04. The monoisotopic (exact) mass is 258 g/mol. The third-order valence-corrected chi connectivity index (χ3v) is 2.49. The fourth-order valence-electron chi connectivity index (χ4n) is 1.11. The largest absolute Gasteiger partial charge is 0.492 e. The van der Waals surface area contributed by atoms with Crippen LogP contribution in [0.5, 0.6) is 5.75 Å². The summed E-state index contributed by atoms with van der Waals surface area (Å²) in [6.07, 6.45) is 0.914. The molecule has 0 atom stereocenters. The summed E-state index contributed by atoms with van der Waals surface area (Å²) in [6, 6.07) is 6.07. The predicted molar refractivity (Wildman–Crippen MR) is 60.9 cm³/mol. The van der Waals surface area contributed by atoms with Crippen LogP contribution in [0.2, 0.25) is 0 Å². The van der Waals surface area contributed by atoms with E-state index in [1.165, 1.54) is 5.56 Å². The summed E-state index contributed by atoms with van der Waals surface area (Å²) in [5.41, 5.74) is 1.20. The van der Waals surface area contributed by atoms with Gasteiger partial charge in [0.15, 0.2) is 0 Å². The molecule has 0 aromatic heterocycles. The van der Waals surface area contributed by atoms with Crippen molar-refractivity contribution in [3.8, 4) is 5.75 Å². The summed E-state index contributed by atoms with van der Waals surface area (Å²) in [5.74, 6) is 0.904. The molecule has 0 radical (unpaired) electrons. The lowest BCUT2D eigenvalue weighted by Gasteiger charge is -2.08. The van der Waals surface area contributed by atoms with Crippen molar-refractivity contribution in [1.29, 1.82) is 0 Å². The molecular formula is C11H15BrO2. The Hall–Kier alpha value is -0.540. The average molecular weight is 259 g/mol. The van der Waals surface area contributed by atoms with Crippen molar-refractivity contribution in [2.75, 3.05) is 20.3 Å². The molecule has 2 nitrogen and oxygen atoms in total. The second-order valence-electron chi connectivity index (χ2n) is 3.13. The molecule has 0 amide bonds. The van der Waals surface area contributed by atoms with E-state index in [-0.39, 0.29) is 0 Å². The highest BCUT2D eigenvalue weighted by molar-refractivity contribution is 9.10. The van der Waals surface area contributed by atoms with Crippen LogP contribution in [0.3, 0.4) is 0 Å². The molecule has 0 unspecified atom stereocenters. The Morgan fingerprint density at radius 1 is 1.29 bits per heavy atom. The molecular weight excluding hydrogens is 244 g/mol. The van der Waals surface area contributed by atoms with E-state index in [9.17, 15) is 0 Å². The summed E-state index contributed by atoms with van der Waals surface area (Å²) in [6.45, 7) is 3.48. The number of methoxy groups -OCH3 is 1. The fraction of sp³-hybridized carbons (Fsp3) is 0.455. The van der Waals surface area contributed by atoms with Crippen molar-refractivity contribution in [2.45, 2.75) is 13.3 Å². The number of rotatable bonds is 5. The summed E-state index contributed by atoms with van der Waals surface area (Å²) < 4.78 is 11.5. The molecule has 1 aromatic carbocycles. The van der Waals surface area contributed by atoms with Crippen LogP contribution in [0.4, 0.5) is 0 Å². The lowest BCUT2D eigenvalue weighted by atomic mass is 10.2. The van der Waals surface area contributed by atoms with E-state index in [1.807, 2.05) is 18.2 Å². The molecule has 0 heterocycles. The zero-order valence-corrected chi connectivity index (χ0v) is 10.1. The van der Waals surface area contributed by atoms with E-state index in [0.29, 0.717) is 6.61 Å². The number of halogens is 1. The molecule has 0 aliphatic heterocycles. The van der Waals surface area contributed by atoms with E-state index >= 15 is 0 Å². The Morgan fingerprint density at radius 3 is 2.79 bits per heavy atom. The minimum Gasteiger partial charge on any atom is -0.492 e. The maximum atomic E-state index is 5.59. The van der Waals surface area contributed by atoms with Crippen molar-refractivity contribution in [2.24, 2.45) is 0 Å². The number of benzene rings is 1. The van der Waals surface area contributed by atoms with Gasteiger partial charge in [-0.3, -0.25) is 0 Å². The first-order valence-electron chi connectivity index (χ1n) is 4.62. The van der Waals surface area contributed by atoms with Gasteiger partial charge in [-0.05, 0) is 40.5 Å². The third-order valence-electron chi connectivity index (χ3n) is 1.84. The van der Waals surface area contributed by atoms with Gasteiger partial charge in [-0.25, -0.2) is 0 Å². The van der Waals surface area contributed by atoms with Gasteiger partial charge in [0.25, 0.3) is 0 Å². The molecule has 0 aliphatic carbocycles. The highest BCUT2D eigenvalue weighted by Gasteiger charge is 2.00. The molecule has 14 heavy (non-hydrogen) atoms. The second-order valence-corrected chi connectivity index (χ2v) is 3.98. The van der Waals surface area contributed by atoms with Gasteiger partial charge in [0.1, 0.15) is 5.75 Å². The molecule has 1 rings (SSSR count). The standard InChI is InChI=1S/C11H15BrO2/c1-9-4-5-10(12)11(8-9)14-7-3-6-13-2/h4-5,8H,3,6-7H2,1-2H3. The zero-order valence-electron chi connectivity index (χ0n) is 8.55. The summed E-state index contributed by atoms with van der Waals surface area (Å²) >= 11 is 3.44. The fourth-order valence-corrected chi connectivity index (χ4v) is 1.47. The van der Waals surface area contributed by atoms with Crippen molar-refractivity contribution in [1.82, 2.24) is 0 Å². The lowest BCUT2D eigenvalue weighted by molar-refractivity contribution is 0.172. The number of ether oxygens (including phenoxy) is 2. The van der Waals surface area contributed by atoms with Gasteiger partial charge < -0.3 is 9.47 Å². The first kappa shape index (κ1) is 11.5. The Bertz CT molecular complexity index is 287. The van der Waals surface area contributed by atoms with E-state index < -0.39 is 0 Å². The summed E-state index contributed by atoms with van der Waals surface area (Å²) in [5, 5.41) is 0. The predicted octanol–water partition coefficient (Wildman–Crippen LogP) is 3.17. The summed E-state index contributed by atoms with van der Waals surface area (Å²) in [7, 11) is 1.70. The van der Waals surface area contributed by atoms with E-state index in [4.69, 9.17) is 9.47 Å². The molecule has 0 saturated carbocycles. The molecule has 0 saturated heterocycles. The van der Waals surface area contributed by atoms with Crippen LogP contribution in [0.25, 0.3) is 0 Å². The Morgan fingerprint density at radius 2 is 2.07 bits per heavy atom. The zero-order chi connectivity index (χ0) is 10.4. The van der Waals surface area contributed by atoms with Crippen LogP contribution < -0.4 is 4.74 Å². The van der Waals surface area contributed by atoms with E-state index in [2.05, 4.69) is 22.9 Å². The SMILES string of the molecule is COCCCOc1cc(C)ccc1Br. The van der Waals surface area contributed by atoms with Gasteiger partial charge in [0.05, 0.1) is 11.1 Å². The van der Waals surface area contributed by atoms with Crippen molar-refractivity contribution < 1.29 is 9.47 Å². The normalized spacial score (nSPS) is 10.2. The molecule has 0 fully saturated rings. The van der Waals surface area contributed by atoms with Gasteiger partial charge in [0.2, 0.25) is 0 Å². The van der Waals surface area contributed by atoms with E-state index in [1.54, 1.807) is 7.11 Å². The van der Waals surface area contributed by atoms with Crippen LogP contribution in [-0.4, -0.2) is 20.3 Å². The summed E-state index contributed by atoms with van der Waals surface area (Å²) in [4.78, 5) is 0. The van der Waals surface area contributed by atoms with Gasteiger partial charge in [-0.1, -0.05) is 6.07 Å². The molecule has 0 N–H and O–H groups in total. The van der Waals surface area contributed by atoms with Crippen LogP contribution in [0, 0.1) is 6.92 Å². The van der Waals surface area contributed by atoms with E-state index in [0.717, 1.165) is 23.2 Å². The van der Waals surface area contributed by atoms with Gasteiger partial charge >= 0.3 is 0 Å².